The molecule has 0 bridgehead atoms. The smallest absolute Gasteiger partial charge is 0.106 e. The molecule has 0 fully saturated rings. The van der Waals surface area contributed by atoms with Gasteiger partial charge in [0.2, 0.25) is 0 Å². The number of pyridine rings is 1. The van der Waals surface area contributed by atoms with Gasteiger partial charge in [-0.1, -0.05) is 39.0 Å². The van der Waals surface area contributed by atoms with Crippen molar-refractivity contribution >= 4 is 10.8 Å². The second-order valence-corrected chi connectivity index (χ2v) is 6.13. The summed E-state index contributed by atoms with van der Waals surface area (Å²) >= 11 is 0. The molecule has 2 aromatic rings. The summed E-state index contributed by atoms with van der Waals surface area (Å²) in [5.74, 6) is 0. The van der Waals surface area contributed by atoms with E-state index in [0.29, 0.717) is 6.61 Å². The molecule has 0 saturated heterocycles. The lowest BCUT2D eigenvalue weighted by Crippen LogP contribution is -2.35. The Hall–Kier alpha value is -1.45. The van der Waals surface area contributed by atoms with Gasteiger partial charge in [-0.15, -0.1) is 0 Å². The zero-order valence-corrected chi connectivity index (χ0v) is 12.6. The Morgan fingerprint density at radius 3 is 2.65 bits per heavy atom. The van der Waals surface area contributed by atoms with Gasteiger partial charge in [-0.25, -0.2) is 0 Å². The summed E-state index contributed by atoms with van der Waals surface area (Å²) in [5, 5.41) is 12.9. The summed E-state index contributed by atoms with van der Waals surface area (Å²) < 4.78 is 5.80. The van der Waals surface area contributed by atoms with Crippen molar-refractivity contribution in [1.29, 1.82) is 0 Å². The molecule has 3 heteroatoms. The highest BCUT2D eigenvalue weighted by molar-refractivity contribution is 5.85. The first-order chi connectivity index (χ1) is 9.45. The van der Waals surface area contributed by atoms with E-state index in [0.717, 1.165) is 16.3 Å². The zero-order chi connectivity index (χ0) is 14.8. The van der Waals surface area contributed by atoms with Gasteiger partial charge in [0.15, 0.2) is 0 Å². The highest BCUT2D eigenvalue weighted by atomic mass is 16.5. The standard InChI is InChI=1S/C17H23NO2/c1-5-20-16(17(2,3)4)15(19)13-8-6-7-12-9-10-18-11-14(12)13/h6-11,15-16,19H,5H2,1-4H3. The number of aliphatic hydroxyl groups excluding tert-OH is 1. The number of aromatic nitrogens is 1. The fourth-order valence-electron chi connectivity index (χ4n) is 2.55. The lowest BCUT2D eigenvalue weighted by molar-refractivity contribution is -0.0893. The lowest BCUT2D eigenvalue weighted by atomic mass is 9.82. The molecule has 3 nitrogen and oxygen atoms in total. The molecule has 1 aromatic heterocycles. The van der Waals surface area contributed by atoms with E-state index in [-0.39, 0.29) is 11.5 Å². The van der Waals surface area contributed by atoms with Crippen molar-refractivity contribution in [3.63, 3.8) is 0 Å². The van der Waals surface area contributed by atoms with Crippen molar-refractivity contribution < 1.29 is 9.84 Å². The molecule has 2 atom stereocenters. The number of rotatable bonds is 4. The number of hydrogen-bond donors (Lipinski definition) is 1. The summed E-state index contributed by atoms with van der Waals surface area (Å²) in [7, 11) is 0. The van der Waals surface area contributed by atoms with Crippen LogP contribution in [-0.2, 0) is 4.74 Å². The Kier molecular flexibility index (Phi) is 4.41. The molecule has 0 aliphatic carbocycles. The largest absolute Gasteiger partial charge is 0.386 e. The summed E-state index contributed by atoms with van der Waals surface area (Å²) in [5.41, 5.74) is 0.740. The van der Waals surface area contributed by atoms with Crippen molar-refractivity contribution in [2.45, 2.75) is 39.9 Å². The van der Waals surface area contributed by atoms with E-state index in [9.17, 15) is 5.11 Å². The average molecular weight is 273 g/mol. The van der Waals surface area contributed by atoms with E-state index in [2.05, 4.69) is 25.8 Å². The third-order valence-electron chi connectivity index (χ3n) is 3.52. The van der Waals surface area contributed by atoms with Crippen molar-refractivity contribution in [2.75, 3.05) is 6.61 Å². The van der Waals surface area contributed by atoms with Crippen LogP contribution in [0.2, 0.25) is 0 Å². The Morgan fingerprint density at radius 2 is 2.00 bits per heavy atom. The van der Waals surface area contributed by atoms with Crippen molar-refractivity contribution in [1.82, 2.24) is 4.98 Å². The van der Waals surface area contributed by atoms with Gasteiger partial charge in [0.25, 0.3) is 0 Å². The van der Waals surface area contributed by atoms with Crippen LogP contribution in [0.25, 0.3) is 10.8 Å². The van der Waals surface area contributed by atoms with E-state index in [1.165, 1.54) is 0 Å². The lowest BCUT2D eigenvalue weighted by Gasteiger charge is -2.34. The van der Waals surface area contributed by atoms with E-state index < -0.39 is 6.10 Å². The van der Waals surface area contributed by atoms with E-state index >= 15 is 0 Å². The second-order valence-electron chi connectivity index (χ2n) is 6.13. The molecule has 20 heavy (non-hydrogen) atoms. The Labute approximate surface area is 120 Å². The van der Waals surface area contributed by atoms with Crippen LogP contribution in [0.5, 0.6) is 0 Å². The molecule has 1 N–H and O–H groups in total. The minimum absolute atomic E-state index is 0.139. The minimum atomic E-state index is -0.664. The number of fused-ring (bicyclic) bond motifs is 1. The normalized spacial score (nSPS) is 15.2. The summed E-state index contributed by atoms with van der Waals surface area (Å²) in [6, 6.07) is 7.90. The Bertz CT molecular complexity index is 569. The first kappa shape index (κ1) is 14.9. The number of hydrogen-bond acceptors (Lipinski definition) is 3. The monoisotopic (exact) mass is 273 g/mol. The highest BCUT2D eigenvalue weighted by Crippen LogP contribution is 2.35. The molecule has 1 heterocycles. The molecule has 0 aliphatic rings. The summed E-state index contributed by atoms with van der Waals surface area (Å²) in [6.45, 7) is 8.79. The number of nitrogens with zero attached hydrogens (tertiary/aromatic N) is 1. The molecule has 1 aromatic carbocycles. The van der Waals surface area contributed by atoms with Crippen LogP contribution >= 0.6 is 0 Å². The van der Waals surface area contributed by atoms with Gasteiger partial charge < -0.3 is 9.84 Å². The molecular weight excluding hydrogens is 250 g/mol. The molecular formula is C17H23NO2. The van der Waals surface area contributed by atoms with Gasteiger partial charge in [-0.3, -0.25) is 4.98 Å². The van der Waals surface area contributed by atoms with Crippen LogP contribution in [0, 0.1) is 5.41 Å². The predicted molar refractivity (Wildman–Crippen MR) is 81.6 cm³/mol. The number of aliphatic hydroxyl groups is 1. The fourth-order valence-corrected chi connectivity index (χ4v) is 2.55. The van der Waals surface area contributed by atoms with Crippen LogP contribution in [0.4, 0.5) is 0 Å². The van der Waals surface area contributed by atoms with Gasteiger partial charge in [-0.2, -0.15) is 0 Å². The average Bonchev–Trinajstić information content (AvgIpc) is 2.42. The van der Waals surface area contributed by atoms with Crippen molar-refractivity contribution in [3.05, 3.63) is 42.2 Å². The zero-order valence-electron chi connectivity index (χ0n) is 12.6. The summed E-state index contributed by atoms with van der Waals surface area (Å²) in [4.78, 5) is 4.17. The van der Waals surface area contributed by atoms with Gasteiger partial charge in [-0.05, 0) is 29.4 Å². The van der Waals surface area contributed by atoms with Crippen LogP contribution in [0.15, 0.2) is 36.7 Å². The number of ether oxygens (including phenoxy) is 1. The highest BCUT2D eigenvalue weighted by Gasteiger charge is 2.33. The molecule has 0 amide bonds. The first-order valence-electron chi connectivity index (χ1n) is 7.07. The molecule has 0 saturated carbocycles. The Balaban J connectivity index is 2.46. The van der Waals surface area contributed by atoms with E-state index in [1.807, 2.05) is 31.2 Å². The van der Waals surface area contributed by atoms with Gasteiger partial charge in [0.05, 0.1) is 6.10 Å². The Morgan fingerprint density at radius 1 is 1.25 bits per heavy atom. The fraction of sp³-hybridized carbons (Fsp3) is 0.471. The van der Waals surface area contributed by atoms with Crippen LogP contribution in [-0.4, -0.2) is 22.8 Å². The van der Waals surface area contributed by atoms with Crippen LogP contribution in [0.1, 0.15) is 39.4 Å². The first-order valence-corrected chi connectivity index (χ1v) is 7.07. The maximum atomic E-state index is 10.8. The van der Waals surface area contributed by atoms with E-state index in [4.69, 9.17) is 4.74 Å². The quantitative estimate of drug-likeness (QED) is 0.923. The molecule has 0 radical (unpaired) electrons. The third kappa shape index (κ3) is 3.00. The topological polar surface area (TPSA) is 42.4 Å². The number of benzene rings is 1. The second kappa shape index (κ2) is 5.90. The van der Waals surface area contributed by atoms with Crippen molar-refractivity contribution in [2.24, 2.45) is 5.41 Å². The van der Waals surface area contributed by atoms with Gasteiger partial charge in [0.1, 0.15) is 6.10 Å². The van der Waals surface area contributed by atoms with Gasteiger partial charge in [0, 0.05) is 24.4 Å². The maximum Gasteiger partial charge on any atom is 0.106 e. The van der Waals surface area contributed by atoms with Crippen LogP contribution < -0.4 is 0 Å². The maximum absolute atomic E-state index is 10.8. The van der Waals surface area contributed by atoms with Gasteiger partial charge >= 0.3 is 0 Å². The third-order valence-corrected chi connectivity index (χ3v) is 3.52. The molecule has 108 valence electrons. The SMILES string of the molecule is CCOC(C(O)c1cccc2ccncc12)C(C)(C)C. The molecule has 2 unspecified atom stereocenters. The summed E-state index contributed by atoms with van der Waals surface area (Å²) in [6.07, 6.45) is 2.66. The molecule has 0 aliphatic heterocycles. The van der Waals surface area contributed by atoms with Crippen molar-refractivity contribution in [3.8, 4) is 0 Å². The molecule has 2 rings (SSSR count). The van der Waals surface area contributed by atoms with Crippen LogP contribution in [0.3, 0.4) is 0 Å². The molecule has 0 spiro atoms. The van der Waals surface area contributed by atoms with E-state index in [1.54, 1.807) is 12.4 Å². The minimum Gasteiger partial charge on any atom is -0.386 e. The predicted octanol–water partition coefficient (Wildman–Crippen LogP) is 3.72.